The molecule has 1 aromatic rings. The summed E-state index contributed by atoms with van der Waals surface area (Å²) in [5, 5.41) is 10.2. The number of hydrogen-bond donors (Lipinski definition) is 3. The third-order valence-corrected chi connectivity index (χ3v) is 5.59. The van der Waals surface area contributed by atoms with Gasteiger partial charge in [-0.2, -0.15) is 13.2 Å². The molecule has 1 fully saturated rings. The summed E-state index contributed by atoms with van der Waals surface area (Å²) >= 11 is 0.972. The van der Waals surface area contributed by atoms with Crippen LogP contribution < -0.4 is 16.0 Å². The highest BCUT2D eigenvalue weighted by molar-refractivity contribution is 14.0. The van der Waals surface area contributed by atoms with E-state index < -0.39 is 17.4 Å². The van der Waals surface area contributed by atoms with Crippen molar-refractivity contribution >= 4 is 53.2 Å². The maximum Gasteiger partial charge on any atom is 0.434 e. The molecule has 1 atom stereocenters. The molecule has 1 saturated heterocycles. The van der Waals surface area contributed by atoms with Crippen LogP contribution in [0.15, 0.2) is 10.4 Å². The molecule has 1 aromatic heterocycles. The zero-order valence-corrected chi connectivity index (χ0v) is 20.8. The van der Waals surface area contributed by atoms with Gasteiger partial charge in [0.15, 0.2) is 11.7 Å². The Morgan fingerprint density at radius 1 is 1.32 bits per heavy atom. The van der Waals surface area contributed by atoms with Crippen molar-refractivity contribution in [1.82, 2.24) is 25.8 Å². The van der Waals surface area contributed by atoms with Crippen LogP contribution in [-0.4, -0.2) is 59.5 Å². The molecule has 2 heterocycles. The SMILES string of the molecule is CCNC(=NCCCN1C(=O)NC(C)(CC)C1=O)NCCc1nc(C(F)(F)F)cs1.I. The zero-order chi connectivity index (χ0) is 22.4. The van der Waals surface area contributed by atoms with E-state index in [2.05, 4.69) is 25.9 Å². The summed E-state index contributed by atoms with van der Waals surface area (Å²) in [6, 6.07) is -0.389. The minimum absolute atomic E-state index is 0. The Labute approximate surface area is 200 Å². The molecule has 31 heavy (non-hydrogen) atoms. The number of nitrogens with zero attached hydrogens (tertiary/aromatic N) is 3. The van der Waals surface area contributed by atoms with Crippen LogP contribution in [0.2, 0.25) is 0 Å². The van der Waals surface area contributed by atoms with E-state index in [1.54, 1.807) is 6.92 Å². The minimum Gasteiger partial charge on any atom is -0.357 e. The van der Waals surface area contributed by atoms with Crippen molar-refractivity contribution in [2.75, 3.05) is 26.2 Å². The maximum atomic E-state index is 12.6. The van der Waals surface area contributed by atoms with E-state index in [1.165, 1.54) is 4.90 Å². The van der Waals surface area contributed by atoms with Crippen LogP contribution in [0.1, 0.15) is 44.3 Å². The topological polar surface area (TPSA) is 98.7 Å². The number of aliphatic imine (C=N–C) groups is 1. The summed E-state index contributed by atoms with van der Waals surface area (Å²) in [6.45, 7) is 7.08. The lowest BCUT2D eigenvalue weighted by Crippen LogP contribution is -2.43. The predicted octanol–water partition coefficient (Wildman–Crippen LogP) is 2.99. The molecule has 0 radical (unpaired) electrons. The van der Waals surface area contributed by atoms with Gasteiger partial charge in [-0.1, -0.05) is 6.92 Å². The monoisotopic (exact) mass is 576 g/mol. The number of guanidine groups is 1. The number of carbonyl (C=O) groups excluding carboxylic acids is 2. The second-order valence-electron chi connectivity index (χ2n) is 6.99. The summed E-state index contributed by atoms with van der Waals surface area (Å²) in [4.78, 5) is 33.5. The summed E-state index contributed by atoms with van der Waals surface area (Å²) in [6.07, 6.45) is -3.08. The molecule has 176 valence electrons. The molecular formula is C18H28F3IN6O2S. The molecule has 0 spiro atoms. The van der Waals surface area contributed by atoms with Gasteiger partial charge >= 0.3 is 12.2 Å². The van der Waals surface area contributed by atoms with Gasteiger partial charge in [0.05, 0.1) is 5.01 Å². The number of aromatic nitrogens is 1. The van der Waals surface area contributed by atoms with Crippen molar-refractivity contribution in [2.24, 2.45) is 4.99 Å². The second kappa shape index (κ2) is 11.8. The summed E-state index contributed by atoms with van der Waals surface area (Å²) in [5.74, 6) is 0.284. The molecule has 1 unspecified atom stereocenters. The van der Waals surface area contributed by atoms with Crippen molar-refractivity contribution in [2.45, 2.75) is 51.7 Å². The number of carbonyl (C=O) groups is 2. The summed E-state index contributed by atoms with van der Waals surface area (Å²) in [7, 11) is 0. The quantitative estimate of drug-likeness (QED) is 0.138. The van der Waals surface area contributed by atoms with Gasteiger partial charge in [-0.25, -0.2) is 9.78 Å². The first kappa shape index (κ1) is 27.4. The van der Waals surface area contributed by atoms with Crippen LogP contribution in [0.3, 0.4) is 0 Å². The van der Waals surface area contributed by atoms with Crippen LogP contribution in [0, 0.1) is 0 Å². The number of alkyl halides is 3. The van der Waals surface area contributed by atoms with E-state index in [0.717, 1.165) is 16.7 Å². The second-order valence-corrected chi connectivity index (χ2v) is 7.93. The zero-order valence-electron chi connectivity index (χ0n) is 17.6. The number of urea groups is 1. The molecule has 0 saturated carbocycles. The van der Waals surface area contributed by atoms with E-state index in [0.29, 0.717) is 49.9 Å². The van der Waals surface area contributed by atoms with Gasteiger partial charge in [-0.15, -0.1) is 35.3 Å². The first-order chi connectivity index (χ1) is 14.1. The Kier molecular flexibility index (Phi) is 10.5. The molecule has 1 aliphatic heterocycles. The van der Waals surface area contributed by atoms with E-state index in [9.17, 15) is 22.8 Å². The van der Waals surface area contributed by atoms with Gasteiger partial charge in [0.1, 0.15) is 5.54 Å². The Morgan fingerprint density at radius 3 is 2.58 bits per heavy atom. The number of imide groups is 1. The van der Waals surface area contributed by atoms with Gasteiger partial charge in [0.25, 0.3) is 5.91 Å². The van der Waals surface area contributed by atoms with Gasteiger partial charge in [0.2, 0.25) is 0 Å². The molecule has 13 heteroatoms. The molecular weight excluding hydrogens is 548 g/mol. The minimum atomic E-state index is -4.43. The number of thiazole rings is 1. The lowest BCUT2D eigenvalue weighted by atomic mass is 9.99. The molecule has 8 nitrogen and oxygen atoms in total. The highest BCUT2D eigenvalue weighted by Crippen LogP contribution is 2.30. The lowest BCUT2D eigenvalue weighted by Gasteiger charge is -2.19. The van der Waals surface area contributed by atoms with E-state index >= 15 is 0 Å². The Morgan fingerprint density at radius 2 is 2.03 bits per heavy atom. The van der Waals surface area contributed by atoms with Crippen LogP contribution >= 0.6 is 35.3 Å². The highest BCUT2D eigenvalue weighted by Gasteiger charge is 2.45. The van der Waals surface area contributed by atoms with Gasteiger partial charge in [-0.05, 0) is 26.7 Å². The fourth-order valence-corrected chi connectivity index (χ4v) is 3.60. The largest absolute Gasteiger partial charge is 0.434 e. The van der Waals surface area contributed by atoms with Crippen molar-refractivity contribution in [1.29, 1.82) is 0 Å². The molecule has 3 N–H and O–H groups in total. The highest BCUT2D eigenvalue weighted by atomic mass is 127. The smallest absolute Gasteiger partial charge is 0.357 e. The van der Waals surface area contributed by atoms with Crippen molar-refractivity contribution in [3.8, 4) is 0 Å². The normalized spacial score (nSPS) is 19.3. The molecule has 0 aromatic carbocycles. The predicted molar refractivity (Wildman–Crippen MR) is 124 cm³/mol. The lowest BCUT2D eigenvalue weighted by molar-refractivity contribution is -0.140. The maximum absolute atomic E-state index is 12.6. The summed E-state index contributed by atoms with van der Waals surface area (Å²) < 4.78 is 37.8. The summed E-state index contributed by atoms with van der Waals surface area (Å²) in [5.41, 5.74) is -1.72. The average Bonchev–Trinajstić information content (AvgIpc) is 3.23. The van der Waals surface area contributed by atoms with Gasteiger partial charge in [-0.3, -0.25) is 14.7 Å². The van der Waals surface area contributed by atoms with Gasteiger partial charge in [0, 0.05) is 38.0 Å². The molecule has 3 amide bonds. The number of hydrogen-bond acceptors (Lipinski definition) is 5. The van der Waals surface area contributed by atoms with Gasteiger partial charge < -0.3 is 16.0 Å². The fraction of sp³-hybridized carbons (Fsp3) is 0.667. The molecule has 0 aliphatic carbocycles. The standard InChI is InChI=1S/C18H27F3N6O2S.HI/c1-4-17(3)14(28)27(16(29)26-17)10-6-8-23-15(22-5-2)24-9-7-13-25-12(11-30-13)18(19,20)21;/h11H,4-10H2,1-3H3,(H,26,29)(H2,22,23,24);1H. The van der Waals surface area contributed by atoms with E-state index in [4.69, 9.17) is 0 Å². The Balaban J connectivity index is 0.00000480. The molecule has 2 rings (SSSR count). The Bertz CT molecular complexity index is 789. The van der Waals surface area contributed by atoms with E-state index in [-0.39, 0.29) is 42.5 Å². The van der Waals surface area contributed by atoms with Crippen LogP contribution in [-0.2, 0) is 17.4 Å². The fourth-order valence-electron chi connectivity index (χ4n) is 2.79. The first-order valence-electron chi connectivity index (χ1n) is 9.78. The number of rotatable bonds is 9. The van der Waals surface area contributed by atoms with Crippen LogP contribution in [0.4, 0.5) is 18.0 Å². The molecule has 1 aliphatic rings. The Hall–Kier alpha value is -1.64. The number of halogens is 4. The number of amides is 3. The van der Waals surface area contributed by atoms with Crippen molar-refractivity contribution in [3.05, 3.63) is 16.1 Å². The third-order valence-electron chi connectivity index (χ3n) is 4.68. The van der Waals surface area contributed by atoms with Crippen LogP contribution in [0.5, 0.6) is 0 Å². The average molecular weight is 576 g/mol. The van der Waals surface area contributed by atoms with Crippen molar-refractivity contribution in [3.63, 3.8) is 0 Å². The third kappa shape index (κ3) is 7.47. The van der Waals surface area contributed by atoms with Crippen molar-refractivity contribution < 1.29 is 22.8 Å². The van der Waals surface area contributed by atoms with Crippen LogP contribution in [0.25, 0.3) is 0 Å². The van der Waals surface area contributed by atoms with E-state index in [1.807, 2.05) is 13.8 Å². The first-order valence-corrected chi connectivity index (χ1v) is 10.7. The molecule has 0 bridgehead atoms. The number of nitrogens with one attached hydrogen (secondary N) is 3.